The number of hydrogen-bond acceptors (Lipinski definition) is 7. The number of nitrogens with zero attached hydrogens (tertiary/aromatic N) is 1. The number of aromatic amines is 1. The highest BCUT2D eigenvalue weighted by molar-refractivity contribution is 5.90. The third-order valence-corrected chi connectivity index (χ3v) is 7.77. The summed E-state index contributed by atoms with van der Waals surface area (Å²) in [7, 11) is 1.27. The van der Waals surface area contributed by atoms with Gasteiger partial charge in [0.2, 0.25) is 0 Å². The summed E-state index contributed by atoms with van der Waals surface area (Å²) in [5, 5.41) is 11.8. The SMILES string of the molecule is COC(=O)N[C@H](C(=O)C1CC2(C[C@H]1c1ncc(-c3ccc(-c4ccc(C(=O)O)cc4)cc3)[nH]1)OCCO2)C(C)C. The van der Waals surface area contributed by atoms with Crippen LogP contribution < -0.4 is 5.32 Å². The fraction of sp³-hybridized carbons (Fsp3) is 0.400. The summed E-state index contributed by atoms with van der Waals surface area (Å²) in [4.78, 5) is 45.0. The molecule has 1 aromatic heterocycles. The van der Waals surface area contributed by atoms with E-state index in [-0.39, 0.29) is 23.2 Å². The number of alkyl carbamates (subject to hydrolysis) is 1. The highest BCUT2D eigenvalue weighted by Gasteiger charge is 2.54. The average Bonchev–Trinajstić information content (AvgIpc) is 3.72. The molecule has 1 aliphatic carbocycles. The van der Waals surface area contributed by atoms with Crippen LogP contribution in [-0.2, 0) is 19.0 Å². The van der Waals surface area contributed by atoms with Crippen molar-refractivity contribution < 1.29 is 33.7 Å². The highest BCUT2D eigenvalue weighted by atomic mass is 16.7. The summed E-state index contributed by atoms with van der Waals surface area (Å²) >= 11 is 0. The number of rotatable bonds is 8. The van der Waals surface area contributed by atoms with E-state index in [4.69, 9.17) is 19.3 Å². The summed E-state index contributed by atoms with van der Waals surface area (Å²) in [6.45, 7) is 4.71. The zero-order valence-electron chi connectivity index (χ0n) is 22.7. The molecule has 3 atom stereocenters. The van der Waals surface area contributed by atoms with E-state index in [2.05, 4.69) is 15.3 Å². The summed E-state index contributed by atoms with van der Waals surface area (Å²) in [6, 6.07) is 13.9. The molecule has 40 heavy (non-hydrogen) atoms. The van der Waals surface area contributed by atoms with Crippen molar-refractivity contribution in [3.8, 4) is 22.4 Å². The van der Waals surface area contributed by atoms with Gasteiger partial charge in [-0.05, 0) is 34.7 Å². The van der Waals surface area contributed by atoms with Crippen molar-refractivity contribution in [3.05, 3.63) is 66.1 Å². The van der Waals surface area contributed by atoms with Gasteiger partial charge in [-0.2, -0.15) is 0 Å². The highest BCUT2D eigenvalue weighted by Crippen LogP contribution is 2.49. The van der Waals surface area contributed by atoms with Crippen LogP contribution in [0.3, 0.4) is 0 Å². The van der Waals surface area contributed by atoms with E-state index in [0.29, 0.717) is 31.9 Å². The topological polar surface area (TPSA) is 140 Å². The van der Waals surface area contributed by atoms with Crippen LogP contribution in [0.2, 0.25) is 0 Å². The number of methoxy groups -OCH3 is 1. The predicted octanol–water partition coefficient (Wildman–Crippen LogP) is 4.63. The lowest BCUT2D eigenvalue weighted by molar-refractivity contribution is -0.155. The van der Waals surface area contributed by atoms with Gasteiger partial charge >= 0.3 is 12.1 Å². The molecule has 3 N–H and O–H groups in total. The number of carbonyl (C=O) groups is 3. The minimum atomic E-state index is -0.959. The molecule has 10 heteroatoms. The lowest BCUT2D eigenvalue weighted by atomic mass is 9.84. The number of carboxylic acids is 1. The molecule has 1 unspecified atom stereocenters. The average molecular weight is 548 g/mol. The van der Waals surface area contributed by atoms with Crippen LogP contribution in [0.25, 0.3) is 22.4 Å². The Labute approximate surface area is 232 Å². The number of carboxylic acid groups (broad SMARTS) is 1. The van der Waals surface area contributed by atoms with E-state index < -0.39 is 29.8 Å². The Bertz CT molecular complexity index is 1380. The van der Waals surface area contributed by atoms with Crippen molar-refractivity contribution in [2.75, 3.05) is 20.3 Å². The van der Waals surface area contributed by atoms with E-state index in [1.54, 1.807) is 30.5 Å². The molecule has 10 nitrogen and oxygen atoms in total. The first kappa shape index (κ1) is 27.5. The number of H-pyrrole nitrogens is 1. The van der Waals surface area contributed by atoms with Gasteiger partial charge < -0.3 is 29.6 Å². The molecular formula is C30H33N3O7. The number of ether oxygens (including phenoxy) is 3. The number of carbonyl (C=O) groups excluding carboxylic acids is 2. The first-order valence-electron chi connectivity index (χ1n) is 13.3. The van der Waals surface area contributed by atoms with E-state index >= 15 is 0 Å². The van der Waals surface area contributed by atoms with Gasteiger partial charge in [-0.1, -0.05) is 50.2 Å². The molecule has 1 spiro atoms. The Kier molecular flexibility index (Phi) is 7.73. The smallest absolute Gasteiger partial charge is 0.407 e. The Hall–Kier alpha value is -4.02. The van der Waals surface area contributed by atoms with Crippen LogP contribution in [0.15, 0.2) is 54.7 Å². The van der Waals surface area contributed by atoms with Gasteiger partial charge in [0, 0.05) is 24.7 Å². The van der Waals surface area contributed by atoms with E-state index in [1.165, 1.54) is 7.11 Å². The van der Waals surface area contributed by atoms with Crippen molar-refractivity contribution in [2.24, 2.45) is 11.8 Å². The lowest BCUT2D eigenvalue weighted by Gasteiger charge is -2.26. The molecule has 0 bridgehead atoms. The van der Waals surface area contributed by atoms with Crippen molar-refractivity contribution >= 4 is 17.8 Å². The van der Waals surface area contributed by atoms with Crippen LogP contribution >= 0.6 is 0 Å². The number of nitrogens with one attached hydrogen (secondary N) is 2. The fourth-order valence-electron chi connectivity index (χ4n) is 5.66. The molecule has 1 saturated heterocycles. The minimum absolute atomic E-state index is 0.0994. The fourth-order valence-corrected chi connectivity index (χ4v) is 5.66. The second-order valence-corrected chi connectivity index (χ2v) is 10.6. The number of amides is 1. The number of imidazole rings is 1. The molecule has 1 saturated carbocycles. The quantitative estimate of drug-likeness (QED) is 0.371. The summed E-state index contributed by atoms with van der Waals surface area (Å²) in [5.74, 6) is -2.14. The van der Waals surface area contributed by atoms with Gasteiger partial charge in [0.15, 0.2) is 11.6 Å². The largest absolute Gasteiger partial charge is 0.478 e. The standard InChI is InChI=1S/C30H33N3O7/c1-17(2)25(33-29(37)38-3)26(34)22-14-30(39-12-13-40-30)15-23(22)27-31-16-24(32-27)20-8-4-18(5-9-20)19-6-10-21(11-7-19)28(35)36/h4-11,16-17,22-23,25H,12-15H2,1-3H3,(H,31,32)(H,33,37)(H,35,36)/t22?,23-,25+/m1/s1. The molecule has 2 aliphatic rings. The maximum Gasteiger partial charge on any atom is 0.407 e. The van der Waals surface area contributed by atoms with E-state index in [9.17, 15) is 14.4 Å². The van der Waals surface area contributed by atoms with Crippen LogP contribution in [0.1, 0.15) is 48.8 Å². The molecule has 1 amide bonds. The Morgan fingerprint density at radius 1 is 1.00 bits per heavy atom. The van der Waals surface area contributed by atoms with Crippen molar-refractivity contribution in [1.29, 1.82) is 0 Å². The predicted molar refractivity (Wildman–Crippen MR) is 146 cm³/mol. The molecule has 2 fully saturated rings. The van der Waals surface area contributed by atoms with Crippen LogP contribution in [-0.4, -0.2) is 65.1 Å². The molecule has 3 aromatic rings. The summed E-state index contributed by atoms with van der Waals surface area (Å²) in [6.07, 6.45) is 1.96. The number of hydrogen-bond donors (Lipinski definition) is 3. The van der Waals surface area contributed by atoms with E-state index in [0.717, 1.165) is 22.4 Å². The Balaban J connectivity index is 1.38. The maximum absolute atomic E-state index is 13.8. The monoisotopic (exact) mass is 547 g/mol. The normalized spacial score (nSPS) is 20.5. The Morgan fingerprint density at radius 3 is 2.17 bits per heavy atom. The third kappa shape index (κ3) is 5.50. The molecule has 1 aliphatic heterocycles. The minimum Gasteiger partial charge on any atom is -0.478 e. The zero-order chi connectivity index (χ0) is 28.4. The van der Waals surface area contributed by atoms with Crippen LogP contribution in [0.5, 0.6) is 0 Å². The van der Waals surface area contributed by atoms with E-state index in [1.807, 2.05) is 38.1 Å². The number of benzene rings is 2. The van der Waals surface area contributed by atoms with Gasteiger partial charge in [-0.15, -0.1) is 0 Å². The second-order valence-electron chi connectivity index (χ2n) is 10.6. The first-order valence-corrected chi connectivity index (χ1v) is 13.3. The third-order valence-electron chi connectivity index (χ3n) is 7.77. The molecule has 5 rings (SSSR count). The summed E-state index contributed by atoms with van der Waals surface area (Å²) in [5.41, 5.74) is 3.83. The molecule has 210 valence electrons. The van der Waals surface area contributed by atoms with Gasteiger partial charge in [-0.25, -0.2) is 14.6 Å². The first-order chi connectivity index (χ1) is 19.2. The molecular weight excluding hydrogens is 514 g/mol. The van der Waals surface area contributed by atoms with Crippen molar-refractivity contribution in [3.63, 3.8) is 0 Å². The zero-order valence-corrected chi connectivity index (χ0v) is 22.7. The van der Waals surface area contributed by atoms with Gasteiger partial charge in [0.25, 0.3) is 0 Å². The van der Waals surface area contributed by atoms with Gasteiger partial charge in [-0.3, -0.25) is 4.79 Å². The number of Topliss-reactive ketones (excluding diaryl/α,β-unsaturated/α-hetero) is 1. The number of aromatic carboxylic acids is 1. The van der Waals surface area contributed by atoms with Crippen molar-refractivity contribution in [2.45, 2.75) is 44.4 Å². The van der Waals surface area contributed by atoms with Gasteiger partial charge in [0.1, 0.15) is 5.82 Å². The number of aromatic nitrogens is 2. The lowest BCUT2D eigenvalue weighted by Crippen LogP contribution is -2.47. The molecule has 2 heterocycles. The van der Waals surface area contributed by atoms with Crippen LogP contribution in [0.4, 0.5) is 4.79 Å². The number of ketones is 1. The van der Waals surface area contributed by atoms with Gasteiger partial charge in [0.05, 0.1) is 43.8 Å². The Morgan fingerprint density at radius 2 is 1.60 bits per heavy atom. The van der Waals surface area contributed by atoms with Crippen LogP contribution in [0, 0.1) is 11.8 Å². The van der Waals surface area contributed by atoms with Crippen molar-refractivity contribution in [1.82, 2.24) is 15.3 Å². The second kappa shape index (κ2) is 11.2. The molecule has 0 radical (unpaired) electrons. The summed E-state index contributed by atoms with van der Waals surface area (Å²) < 4.78 is 16.7. The maximum atomic E-state index is 13.8. The molecule has 2 aromatic carbocycles.